The van der Waals surface area contributed by atoms with Gasteiger partial charge in [0.25, 0.3) is 0 Å². The van der Waals surface area contributed by atoms with Crippen LogP contribution in [-0.4, -0.2) is 15.9 Å². The third-order valence-electron chi connectivity index (χ3n) is 5.58. The number of imidazole rings is 1. The molecule has 0 aliphatic rings. The van der Waals surface area contributed by atoms with Crippen LogP contribution in [0.4, 0.5) is 5.95 Å². The van der Waals surface area contributed by atoms with Crippen molar-refractivity contribution in [2.45, 2.75) is 32.7 Å². The normalized spacial score (nSPS) is 11.0. The Morgan fingerprint density at radius 1 is 0.875 bits per heavy atom. The van der Waals surface area contributed by atoms with Crippen LogP contribution in [0.2, 0.25) is 0 Å². The highest BCUT2D eigenvalue weighted by Gasteiger charge is 2.06. The lowest BCUT2D eigenvalue weighted by Gasteiger charge is -2.09. The first-order valence-electron chi connectivity index (χ1n) is 10.8. The average Bonchev–Trinajstić information content (AvgIpc) is 3.25. The van der Waals surface area contributed by atoms with Crippen LogP contribution in [0.5, 0.6) is 0 Å². The molecule has 4 aromatic rings. The summed E-state index contributed by atoms with van der Waals surface area (Å²) >= 11 is 0. The number of aromatic nitrogens is 2. The van der Waals surface area contributed by atoms with Gasteiger partial charge in [0.1, 0.15) is 0 Å². The molecule has 0 aliphatic heterocycles. The van der Waals surface area contributed by atoms with Gasteiger partial charge in [-0.3, -0.25) is 4.79 Å². The number of benzene rings is 3. The van der Waals surface area contributed by atoms with Gasteiger partial charge < -0.3 is 16.0 Å². The summed E-state index contributed by atoms with van der Waals surface area (Å²) in [5, 5.41) is 2.99. The van der Waals surface area contributed by atoms with Crippen molar-refractivity contribution in [1.82, 2.24) is 15.3 Å². The van der Waals surface area contributed by atoms with Gasteiger partial charge in [0.2, 0.25) is 5.91 Å². The largest absolute Gasteiger partial charge is 0.369 e. The van der Waals surface area contributed by atoms with Gasteiger partial charge in [0, 0.05) is 6.54 Å². The number of anilines is 1. The second kappa shape index (κ2) is 9.52. The zero-order valence-electron chi connectivity index (χ0n) is 18.4. The SMILES string of the molecule is CC(C)c1ccc(-c2ccc(CC(=O)NCc3ccc(-c4cnc(N)[nH]4)cc3)cc2)cc1. The second-order valence-electron chi connectivity index (χ2n) is 8.31. The van der Waals surface area contributed by atoms with Crippen molar-refractivity contribution < 1.29 is 4.79 Å². The van der Waals surface area contributed by atoms with Crippen LogP contribution >= 0.6 is 0 Å². The number of amides is 1. The molecule has 0 atom stereocenters. The Labute approximate surface area is 188 Å². The van der Waals surface area contributed by atoms with Crippen molar-refractivity contribution in [2.24, 2.45) is 0 Å². The molecule has 0 saturated heterocycles. The number of hydrogen-bond donors (Lipinski definition) is 3. The van der Waals surface area contributed by atoms with Gasteiger partial charge in [-0.05, 0) is 39.3 Å². The van der Waals surface area contributed by atoms with E-state index in [1.54, 1.807) is 6.20 Å². The van der Waals surface area contributed by atoms with Gasteiger partial charge in [-0.2, -0.15) is 0 Å². The first kappa shape index (κ1) is 21.4. The predicted octanol–water partition coefficient (Wildman–Crippen LogP) is 5.31. The van der Waals surface area contributed by atoms with Gasteiger partial charge in [-0.25, -0.2) is 4.98 Å². The number of H-pyrrole nitrogens is 1. The van der Waals surface area contributed by atoms with Crippen molar-refractivity contribution in [2.75, 3.05) is 5.73 Å². The highest BCUT2D eigenvalue weighted by Crippen LogP contribution is 2.23. The molecule has 5 heteroatoms. The summed E-state index contributed by atoms with van der Waals surface area (Å²) in [7, 11) is 0. The number of nitrogens with two attached hydrogens (primary N) is 1. The van der Waals surface area contributed by atoms with Crippen molar-refractivity contribution in [3.05, 3.63) is 95.7 Å². The topological polar surface area (TPSA) is 83.8 Å². The maximum atomic E-state index is 12.4. The molecule has 5 nitrogen and oxygen atoms in total. The third-order valence-corrected chi connectivity index (χ3v) is 5.58. The molecule has 0 unspecified atom stereocenters. The van der Waals surface area contributed by atoms with Crippen LogP contribution in [0.15, 0.2) is 79.0 Å². The Kier molecular flexibility index (Phi) is 6.36. The summed E-state index contributed by atoms with van der Waals surface area (Å²) < 4.78 is 0. The highest BCUT2D eigenvalue weighted by atomic mass is 16.1. The summed E-state index contributed by atoms with van der Waals surface area (Å²) in [6.07, 6.45) is 2.07. The fraction of sp³-hybridized carbons (Fsp3) is 0.185. The van der Waals surface area contributed by atoms with E-state index in [2.05, 4.69) is 65.5 Å². The molecule has 0 radical (unpaired) electrons. The number of nitrogens with zero attached hydrogens (tertiary/aromatic N) is 1. The number of carbonyl (C=O) groups excluding carboxylic acids is 1. The minimum Gasteiger partial charge on any atom is -0.369 e. The molecule has 1 amide bonds. The van der Waals surface area contributed by atoms with E-state index in [1.807, 2.05) is 36.4 Å². The zero-order chi connectivity index (χ0) is 22.5. The summed E-state index contributed by atoms with van der Waals surface area (Å²) in [4.78, 5) is 19.4. The number of rotatable bonds is 7. The fourth-order valence-electron chi connectivity index (χ4n) is 3.61. The number of aromatic amines is 1. The molecule has 0 bridgehead atoms. The number of nitrogens with one attached hydrogen (secondary N) is 2. The number of hydrogen-bond acceptors (Lipinski definition) is 3. The summed E-state index contributed by atoms with van der Waals surface area (Å²) in [6.45, 7) is 4.88. The maximum absolute atomic E-state index is 12.4. The van der Waals surface area contributed by atoms with Gasteiger partial charge in [0.05, 0.1) is 18.3 Å². The van der Waals surface area contributed by atoms with E-state index in [4.69, 9.17) is 5.73 Å². The minimum absolute atomic E-state index is 0.00412. The Hall–Kier alpha value is -3.86. The van der Waals surface area contributed by atoms with Crippen LogP contribution in [0.3, 0.4) is 0 Å². The van der Waals surface area contributed by atoms with E-state index in [9.17, 15) is 4.79 Å². The lowest BCUT2D eigenvalue weighted by molar-refractivity contribution is -0.120. The third kappa shape index (κ3) is 5.24. The second-order valence-corrected chi connectivity index (χ2v) is 8.31. The zero-order valence-corrected chi connectivity index (χ0v) is 18.4. The smallest absolute Gasteiger partial charge is 0.224 e. The fourth-order valence-corrected chi connectivity index (χ4v) is 3.61. The van der Waals surface area contributed by atoms with Crippen molar-refractivity contribution >= 4 is 11.9 Å². The predicted molar refractivity (Wildman–Crippen MR) is 130 cm³/mol. The molecular formula is C27H28N4O. The average molecular weight is 425 g/mol. The monoisotopic (exact) mass is 424 g/mol. The Bertz CT molecular complexity index is 1170. The molecule has 0 saturated carbocycles. The van der Waals surface area contributed by atoms with E-state index in [0.29, 0.717) is 24.8 Å². The molecule has 1 aromatic heterocycles. The Morgan fingerprint density at radius 3 is 2.00 bits per heavy atom. The summed E-state index contributed by atoms with van der Waals surface area (Å²) in [6, 6.07) is 24.8. The summed E-state index contributed by atoms with van der Waals surface area (Å²) in [5.41, 5.74) is 13.2. The first-order chi connectivity index (χ1) is 15.5. The maximum Gasteiger partial charge on any atom is 0.224 e. The Balaban J connectivity index is 1.30. The van der Waals surface area contributed by atoms with E-state index in [-0.39, 0.29) is 5.91 Å². The molecule has 32 heavy (non-hydrogen) atoms. The van der Waals surface area contributed by atoms with Crippen LogP contribution in [0.1, 0.15) is 36.5 Å². The molecule has 0 spiro atoms. The standard InChI is InChI=1S/C27H28N4O/c1-18(2)21-11-13-23(14-12-21)22-7-3-19(4-8-22)15-26(32)29-16-20-5-9-24(10-6-20)25-17-30-27(28)31-25/h3-14,17-18H,15-16H2,1-2H3,(H,29,32)(H3,28,30,31). The van der Waals surface area contributed by atoms with Crippen molar-refractivity contribution in [3.63, 3.8) is 0 Å². The molecular weight excluding hydrogens is 396 g/mol. The van der Waals surface area contributed by atoms with Gasteiger partial charge >= 0.3 is 0 Å². The number of nitrogen functional groups attached to an aromatic ring is 1. The van der Waals surface area contributed by atoms with E-state index in [0.717, 1.165) is 27.9 Å². The van der Waals surface area contributed by atoms with Gasteiger partial charge in [0.15, 0.2) is 5.95 Å². The lowest BCUT2D eigenvalue weighted by atomic mass is 9.98. The molecule has 4 N–H and O–H groups in total. The molecule has 162 valence electrons. The molecule has 4 rings (SSSR count). The summed E-state index contributed by atoms with van der Waals surface area (Å²) in [5.74, 6) is 0.927. The van der Waals surface area contributed by atoms with Crippen LogP contribution in [0.25, 0.3) is 22.4 Å². The lowest BCUT2D eigenvalue weighted by Crippen LogP contribution is -2.24. The highest BCUT2D eigenvalue weighted by molar-refractivity contribution is 5.79. The first-order valence-corrected chi connectivity index (χ1v) is 10.8. The number of carbonyl (C=O) groups is 1. The van der Waals surface area contributed by atoms with Crippen molar-refractivity contribution in [3.8, 4) is 22.4 Å². The van der Waals surface area contributed by atoms with E-state index in [1.165, 1.54) is 11.1 Å². The minimum atomic E-state index is 0.00412. The van der Waals surface area contributed by atoms with Crippen LogP contribution in [0, 0.1) is 0 Å². The van der Waals surface area contributed by atoms with Crippen molar-refractivity contribution in [1.29, 1.82) is 0 Å². The molecule has 1 heterocycles. The molecule has 0 fully saturated rings. The molecule has 0 aliphatic carbocycles. The van der Waals surface area contributed by atoms with Gasteiger partial charge in [-0.15, -0.1) is 0 Å². The van der Waals surface area contributed by atoms with Gasteiger partial charge in [-0.1, -0.05) is 86.6 Å². The van der Waals surface area contributed by atoms with E-state index >= 15 is 0 Å². The quantitative estimate of drug-likeness (QED) is 0.376. The Morgan fingerprint density at radius 2 is 1.44 bits per heavy atom. The van der Waals surface area contributed by atoms with E-state index < -0.39 is 0 Å². The molecule has 3 aromatic carbocycles. The van der Waals surface area contributed by atoms with Crippen LogP contribution in [-0.2, 0) is 17.8 Å². The van der Waals surface area contributed by atoms with Crippen LogP contribution < -0.4 is 11.1 Å².